The lowest BCUT2D eigenvalue weighted by Crippen LogP contribution is -2.43. The van der Waals surface area contributed by atoms with Gasteiger partial charge < -0.3 is 15.1 Å². The van der Waals surface area contributed by atoms with Crippen LogP contribution < -0.4 is 5.32 Å². The van der Waals surface area contributed by atoms with E-state index in [1.54, 1.807) is 26.2 Å². The van der Waals surface area contributed by atoms with Crippen molar-refractivity contribution in [3.63, 3.8) is 0 Å². The molecule has 0 aromatic heterocycles. The Kier molecular flexibility index (Phi) is 4.64. The Balaban J connectivity index is 2.04. The first-order valence-electron chi connectivity index (χ1n) is 6.51. The van der Waals surface area contributed by atoms with E-state index in [4.69, 9.17) is 23.2 Å². The number of halogens is 2. The Morgan fingerprint density at radius 1 is 1.38 bits per heavy atom. The van der Waals surface area contributed by atoms with E-state index in [1.807, 2.05) is 6.92 Å². The third-order valence-corrected chi connectivity index (χ3v) is 4.22. The third-order valence-electron chi connectivity index (χ3n) is 3.67. The van der Waals surface area contributed by atoms with Crippen LogP contribution in [-0.4, -0.2) is 48.4 Å². The molecule has 1 heterocycles. The molecule has 0 saturated carbocycles. The van der Waals surface area contributed by atoms with Crippen LogP contribution >= 0.6 is 23.2 Å². The number of aryl methyl sites for hydroxylation is 1. The fraction of sp³-hybridized carbons (Fsp3) is 0.429. The molecule has 114 valence electrons. The molecule has 1 unspecified atom stereocenters. The van der Waals surface area contributed by atoms with Crippen LogP contribution in [0.2, 0.25) is 10.0 Å². The number of benzene rings is 1. The predicted octanol–water partition coefficient (Wildman–Crippen LogP) is 2.28. The Bertz CT molecular complexity index is 569. The highest BCUT2D eigenvalue weighted by molar-refractivity contribution is 6.35. The third kappa shape index (κ3) is 3.24. The monoisotopic (exact) mass is 329 g/mol. The van der Waals surface area contributed by atoms with E-state index in [-0.39, 0.29) is 11.9 Å². The Morgan fingerprint density at radius 3 is 2.57 bits per heavy atom. The van der Waals surface area contributed by atoms with Gasteiger partial charge in [-0.25, -0.2) is 4.79 Å². The van der Waals surface area contributed by atoms with E-state index < -0.39 is 6.04 Å². The summed E-state index contributed by atoms with van der Waals surface area (Å²) in [4.78, 5) is 26.8. The molecule has 3 amide bonds. The van der Waals surface area contributed by atoms with Gasteiger partial charge in [-0.3, -0.25) is 4.79 Å². The Hall–Kier alpha value is -1.46. The summed E-state index contributed by atoms with van der Waals surface area (Å²) in [6.45, 7) is 2.58. The first-order valence-corrected chi connectivity index (χ1v) is 7.27. The van der Waals surface area contributed by atoms with Crippen molar-refractivity contribution in [2.75, 3.05) is 20.6 Å². The van der Waals surface area contributed by atoms with Gasteiger partial charge in [0.15, 0.2) is 0 Å². The quantitative estimate of drug-likeness (QED) is 0.924. The second kappa shape index (κ2) is 6.12. The van der Waals surface area contributed by atoms with Crippen LogP contribution in [0.4, 0.5) is 4.79 Å². The fourth-order valence-electron chi connectivity index (χ4n) is 2.37. The minimum absolute atomic E-state index is 0.157. The molecule has 1 fully saturated rings. The number of nitrogens with zero attached hydrogens (tertiary/aromatic N) is 2. The van der Waals surface area contributed by atoms with Crippen molar-refractivity contribution in [1.82, 2.24) is 15.1 Å². The number of carbonyl (C=O) groups excluding carboxylic acids is 2. The molecule has 1 aromatic rings. The summed E-state index contributed by atoms with van der Waals surface area (Å²) in [5.41, 5.74) is 1.75. The number of nitrogens with one attached hydrogen (secondary N) is 1. The van der Waals surface area contributed by atoms with Gasteiger partial charge >= 0.3 is 6.03 Å². The lowest BCUT2D eigenvalue weighted by atomic mass is 10.1. The average Bonchev–Trinajstić information content (AvgIpc) is 2.65. The molecular weight excluding hydrogens is 313 g/mol. The average molecular weight is 330 g/mol. The molecule has 5 nitrogen and oxygen atoms in total. The highest BCUT2D eigenvalue weighted by atomic mass is 35.5. The van der Waals surface area contributed by atoms with E-state index in [1.165, 1.54) is 9.80 Å². The van der Waals surface area contributed by atoms with E-state index in [2.05, 4.69) is 5.32 Å². The van der Waals surface area contributed by atoms with Crippen LogP contribution in [-0.2, 0) is 11.3 Å². The molecule has 0 bridgehead atoms. The molecule has 0 radical (unpaired) electrons. The molecule has 7 heteroatoms. The zero-order valence-corrected chi connectivity index (χ0v) is 13.6. The largest absolute Gasteiger partial charge is 0.350 e. The van der Waals surface area contributed by atoms with Gasteiger partial charge in [-0.1, -0.05) is 23.2 Å². The maximum absolute atomic E-state index is 12.2. The van der Waals surface area contributed by atoms with Crippen molar-refractivity contribution in [2.24, 2.45) is 0 Å². The molecule has 1 aliphatic rings. The lowest BCUT2D eigenvalue weighted by Gasteiger charge is -2.18. The van der Waals surface area contributed by atoms with Crippen molar-refractivity contribution in [1.29, 1.82) is 0 Å². The van der Waals surface area contributed by atoms with Crippen LogP contribution in [0.5, 0.6) is 0 Å². The highest BCUT2D eigenvalue weighted by Gasteiger charge is 2.36. The topological polar surface area (TPSA) is 52.7 Å². The molecule has 1 atom stereocenters. The van der Waals surface area contributed by atoms with Gasteiger partial charge in [0.2, 0.25) is 5.91 Å². The first kappa shape index (κ1) is 15.9. The van der Waals surface area contributed by atoms with E-state index in [0.717, 1.165) is 11.1 Å². The zero-order valence-electron chi connectivity index (χ0n) is 12.1. The number of likely N-dealkylation sites (N-methyl/N-ethyl adjacent to an activating group) is 2. The van der Waals surface area contributed by atoms with E-state index in [0.29, 0.717) is 23.1 Å². The van der Waals surface area contributed by atoms with Crippen LogP contribution in [0.3, 0.4) is 0 Å². The molecule has 0 aliphatic carbocycles. The molecule has 0 spiro atoms. The minimum atomic E-state index is -0.478. The predicted molar refractivity (Wildman–Crippen MR) is 82.6 cm³/mol. The van der Waals surface area contributed by atoms with Crippen LogP contribution in [0, 0.1) is 6.92 Å². The van der Waals surface area contributed by atoms with Crippen molar-refractivity contribution in [3.05, 3.63) is 33.3 Å². The van der Waals surface area contributed by atoms with Gasteiger partial charge in [-0.15, -0.1) is 0 Å². The Labute approximate surface area is 133 Å². The molecule has 1 saturated heterocycles. The minimum Gasteiger partial charge on any atom is -0.350 e. The number of amides is 3. The summed E-state index contributed by atoms with van der Waals surface area (Å²) in [5.74, 6) is -0.194. The van der Waals surface area contributed by atoms with Crippen molar-refractivity contribution >= 4 is 35.1 Å². The van der Waals surface area contributed by atoms with E-state index >= 15 is 0 Å². The number of hydrogen-bond donors (Lipinski definition) is 1. The summed E-state index contributed by atoms with van der Waals surface area (Å²) >= 11 is 12.1. The molecule has 1 aromatic carbocycles. The molecule has 21 heavy (non-hydrogen) atoms. The summed E-state index contributed by atoms with van der Waals surface area (Å²) in [5, 5.41) is 3.91. The van der Waals surface area contributed by atoms with Gasteiger partial charge in [0.1, 0.15) is 6.04 Å². The molecule has 1 aliphatic heterocycles. The van der Waals surface area contributed by atoms with Crippen molar-refractivity contribution < 1.29 is 9.59 Å². The normalized spacial score (nSPS) is 18.3. The van der Waals surface area contributed by atoms with Crippen LogP contribution in [0.25, 0.3) is 0 Å². The summed E-state index contributed by atoms with van der Waals surface area (Å²) in [6.07, 6.45) is 0. The van der Waals surface area contributed by atoms with Gasteiger partial charge in [-0.2, -0.15) is 0 Å². The second-order valence-corrected chi connectivity index (χ2v) is 6.03. The second-order valence-electron chi connectivity index (χ2n) is 5.19. The maximum atomic E-state index is 12.2. The molecule has 2 rings (SSSR count). The summed E-state index contributed by atoms with van der Waals surface area (Å²) < 4.78 is 0. The van der Waals surface area contributed by atoms with Crippen molar-refractivity contribution in [2.45, 2.75) is 19.5 Å². The summed E-state index contributed by atoms with van der Waals surface area (Å²) in [7, 11) is 3.29. The Morgan fingerprint density at radius 2 is 2.05 bits per heavy atom. The maximum Gasteiger partial charge on any atom is 0.320 e. The number of hydrogen-bond acceptors (Lipinski definition) is 2. The molecule has 1 N–H and O–H groups in total. The van der Waals surface area contributed by atoms with Crippen molar-refractivity contribution in [3.8, 4) is 0 Å². The fourth-order valence-corrected chi connectivity index (χ4v) is 3.03. The van der Waals surface area contributed by atoms with Gasteiger partial charge in [0.05, 0.1) is 6.54 Å². The van der Waals surface area contributed by atoms with Gasteiger partial charge in [0, 0.05) is 30.7 Å². The number of carbonyl (C=O) groups is 2. The van der Waals surface area contributed by atoms with Gasteiger partial charge in [0.25, 0.3) is 0 Å². The number of urea groups is 1. The van der Waals surface area contributed by atoms with Crippen LogP contribution in [0.15, 0.2) is 12.1 Å². The molecular formula is C14H17Cl2N3O2. The summed E-state index contributed by atoms with van der Waals surface area (Å²) in [6, 6.07) is 2.81. The number of rotatable bonds is 3. The SMILES string of the molecule is Cc1cc(Cl)cc(Cl)c1CNC(=O)C1CN(C)C(=O)N1C. The lowest BCUT2D eigenvalue weighted by molar-refractivity contribution is -0.124. The zero-order chi connectivity index (χ0) is 15.7. The van der Waals surface area contributed by atoms with Gasteiger partial charge in [-0.05, 0) is 30.2 Å². The smallest absolute Gasteiger partial charge is 0.320 e. The van der Waals surface area contributed by atoms with E-state index in [9.17, 15) is 9.59 Å². The first-order chi connectivity index (χ1) is 9.81. The standard InChI is InChI=1S/C14H17Cl2N3O2/c1-8-4-9(15)5-11(16)10(8)6-17-13(20)12-7-18(2)14(21)19(12)3/h4-5,12H,6-7H2,1-3H3,(H,17,20). The highest BCUT2D eigenvalue weighted by Crippen LogP contribution is 2.25. The van der Waals surface area contributed by atoms with Crippen LogP contribution in [0.1, 0.15) is 11.1 Å².